The molecule has 0 N–H and O–H groups in total. The van der Waals surface area contributed by atoms with Crippen LogP contribution < -0.4 is 4.90 Å². The first-order chi connectivity index (χ1) is 23.2. The summed E-state index contributed by atoms with van der Waals surface area (Å²) in [5, 5.41) is 21.7. The first-order valence-electron chi connectivity index (χ1n) is 16.2. The normalized spacial score (nSPS) is 15.7. The lowest BCUT2D eigenvalue weighted by molar-refractivity contribution is 0.332. The molecular weight excluding hydrogens is 576 g/mol. The summed E-state index contributed by atoms with van der Waals surface area (Å²) in [5.41, 5.74) is 10.5. The van der Waals surface area contributed by atoms with Gasteiger partial charge in [-0.2, -0.15) is 10.5 Å². The van der Waals surface area contributed by atoms with Crippen molar-refractivity contribution in [1.29, 1.82) is 10.5 Å². The third-order valence-corrected chi connectivity index (χ3v) is 9.29. The maximum absolute atomic E-state index is 9.66. The molecule has 0 bridgehead atoms. The van der Waals surface area contributed by atoms with E-state index in [1.165, 1.54) is 35.0 Å². The van der Waals surface area contributed by atoms with E-state index in [9.17, 15) is 10.5 Å². The van der Waals surface area contributed by atoms with Gasteiger partial charge in [-0.1, -0.05) is 54.6 Å². The van der Waals surface area contributed by atoms with E-state index in [2.05, 4.69) is 94.4 Å². The molecule has 0 radical (unpaired) electrons. The van der Waals surface area contributed by atoms with Crippen molar-refractivity contribution in [2.75, 3.05) is 18.0 Å². The topological polar surface area (TPSA) is 65.0 Å². The fourth-order valence-electron chi connectivity index (χ4n) is 7.24. The summed E-state index contributed by atoms with van der Waals surface area (Å²) in [6.45, 7) is 2.30. The molecule has 226 valence electrons. The molecule has 5 aromatic rings. The zero-order chi connectivity index (χ0) is 31.7. The highest BCUT2D eigenvalue weighted by Gasteiger charge is 2.24. The van der Waals surface area contributed by atoms with Crippen LogP contribution in [0.15, 0.2) is 132 Å². The van der Waals surface area contributed by atoms with Crippen LogP contribution >= 0.6 is 0 Å². The first kappa shape index (κ1) is 28.4. The Balaban J connectivity index is 1.11. The monoisotopic (exact) mass is 608 g/mol. The maximum Gasteiger partial charge on any atom is 0.137 e. The van der Waals surface area contributed by atoms with E-state index < -0.39 is 0 Å². The standard InChI is InChI=1S/C42H32N4O/c43-27-34(28-44)33-25-36(47-37(26-33)18-15-30-22-31-8-6-20-45-21-7-9-32(23-30)42(31)45)17-14-29-16-19-41-39(24-29)38-12-4-5-13-40(38)46(41)35-10-2-1-3-11-35/h1-5,10-19,22-26H,6-9,20-21H2/b17-14+,18-15+. The smallest absolute Gasteiger partial charge is 0.137 e. The number of nitrogens with zero attached hydrogens (tertiary/aromatic N) is 4. The molecule has 0 atom stereocenters. The van der Waals surface area contributed by atoms with Crippen molar-refractivity contribution in [3.8, 4) is 17.8 Å². The van der Waals surface area contributed by atoms with Gasteiger partial charge in [0.2, 0.25) is 0 Å². The zero-order valence-electron chi connectivity index (χ0n) is 26.0. The Morgan fingerprint density at radius 3 is 2.00 bits per heavy atom. The summed E-state index contributed by atoms with van der Waals surface area (Å²) < 4.78 is 8.60. The number of ether oxygens (including phenoxy) is 1. The number of aryl methyl sites for hydroxylation is 2. The number of rotatable bonds is 5. The second-order valence-electron chi connectivity index (χ2n) is 12.3. The SMILES string of the molecule is N#CC(C#N)=C1C=C(/C=C/c2cc3c4c(c2)CCCN4CCC3)OC(/C=C/c2ccc3c(c2)c2ccccc2n3-c2ccccc2)=C1. The number of hydrogen-bond acceptors (Lipinski definition) is 4. The molecule has 0 saturated carbocycles. The van der Waals surface area contributed by atoms with E-state index in [1.807, 2.05) is 36.4 Å². The predicted octanol–water partition coefficient (Wildman–Crippen LogP) is 9.35. The number of hydrogen-bond donors (Lipinski definition) is 0. The van der Waals surface area contributed by atoms with E-state index >= 15 is 0 Å². The van der Waals surface area contributed by atoms with Crippen molar-refractivity contribution in [3.63, 3.8) is 0 Å². The quantitative estimate of drug-likeness (QED) is 0.187. The van der Waals surface area contributed by atoms with Crippen LogP contribution in [0.4, 0.5) is 5.69 Å². The van der Waals surface area contributed by atoms with E-state index in [1.54, 1.807) is 12.2 Å². The Bertz CT molecular complexity index is 2250. The average molecular weight is 609 g/mol. The Hall–Kier alpha value is -6.04. The van der Waals surface area contributed by atoms with E-state index in [0.717, 1.165) is 59.2 Å². The van der Waals surface area contributed by atoms with E-state index in [4.69, 9.17) is 4.74 Å². The molecule has 4 heterocycles. The lowest BCUT2D eigenvalue weighted by Crippen LogP contribution is -2.34. The lowest BCUT2D eigenvalue weighted by Gasteiger charge is -2.37. The van der Waals surface area contributed by atoms with Gasteiger partial charge in [0.15, 0.2) is 0 Å². The van der Waals surface area contributed by atoms with Crippen molar-refractivity contribution in [1.82, 2.24) is 4.57 Å². The van der Waals surface area contributed by atoms with Crippen molar-refractivity contribution in [2.45, 2.75) is 25.7 Å². The van der Waals surface area contributed by atoms with Gasteiger partial charge >= 0.3 is 0 Å². The fourth-order valence-corrected chi connectivity index (χ4v) is 7.24. The number of anilines is 1. The minimum absolute atomic E-state index is 0.0542. The van der Waals surface area contributed by atoms with Crippen molar-refractivity contribution < 1.29 is 4.74 Å². The maximum atomic E-state index is 9.66. The molecule has 4 aromatic carbocycles. The van der Waals surface area contributed by atoms with Gasteiger partial charge in [-0.05, 0) is 115 Å². The molecule has 0 saturated heterocycles. The Labute approximate surface area is 274 Å². The number of aromatic nitrogens is 1. The summed E-state index contributed by atoms with van der Waals surface area (Å²) in [7, 11) is 0. The van der Waals surface area contributed by atoms with E-state index in [0.29, 0.717) is 17.1 Å². The molecular formula is C42H32N4O. The third kappa shape index (κ3) is 5.33. The third-order valence-electron chi connectivity index (χ3n) is 9.29. The van der Waals surface area contributed by atoms with Crippen LogP contribution in [0.2, 0.25) is 0 Å². The summed E-state index contributed by atoms with van der Waals surface area (Å²) >= 11 is 0. The summed E-state index contributed by atoms with van der Waals surface area (Å²) in [5.74, 6) is 1.15. The number of benzene rings is 4. The highest BCUT2D eigenvalue weighted by molar-refractivity contribution is 6.09. The summed E-state index contributed by atoms with van der Waals surface area (Å²) in [4.78, 5) is 2.54. The van der Waals surface area contributed by atoms with Crippen LogP contribution in [-0.4, -0.2) is 17.7 Å². The van der Waals surface area contributed by atoms with E-state index in [-0.39, 0.29) is 5.57 Å². The van der Waals surface area contributed by atoms with Gasteiger partial charge in [0, 0.05) is 40.8 Å². The fraction of sp³-hybridized carbons (Fsp3) is 0.143. The molecule has 0 fully saturated rings. The molecule has 0 unspecified atom stereocenters. The second-order valence-corrected chi connectivity index (χ2v) is 12.3. The molecule has 0 amide bonds. The van der Waals surface area contributed by atoms with Gasteiger partial charge in [-0.15, -0.1) is 0 Å². The van der Waals surface area contributed by atoms with Crippen LogP contribution in [0.25, 0.3) is 39.6 Å². The van der Waals surface area contributed by atoms with Crippen molar-refractivity contribution in [2.24, 2.45) is 0 Å². The van der Waals surface area contributed by atoms with Gasteiger partial charge < -0.3 is 14.2 Å². The largest absolute Gasteiger partial charge is 0.457 e. The molecule has 0 aliphatic carbocycles. The van der Waals surface area contributed by atoms with Gasteiger partial charge in [-0.25, -0.2) is 0 Å². The number of para-hydroxylation sites is 2. The minimum atomic E-state index is 0.0542. The molecule has 47 heavy (non-hydrogen) atoms. The highest BCUT2D eigenvalue weighted by atomic mass is 16.5. The molecule has 3 aliphatic heterocycles. The number of allylic oxidation sites excluding steroid dienone is 6. The van der Waals surface area contributed by atoms with Crippen LogP contribution in [0, 0.1) is 22.7 Å². The zero-order valence-corrected chi connectivity index (χ0v) is 26.0. The average Bonchev–Trinajstić information content (AvgIpc) is 3.45. The van der Waals surface area contributed by atoms with Gasteiger partial charge in [0.05, 0.1) is 11.0 Å². The van der Waals surface area contributed by atoms with Crippen LogP contribution in [0.5, 0.6) is 0 Å². The Kier molecular flexibility index (Phi) is 7.29. The molecule has 1 aromatic heterocycles. The highest BCUT2D eigenvalue weighted by Crippen LogP contribution is 2.37. The van der Waals surface area contributed by atoms with Gasteiger partial charge in [-0.3, -0.25) is 0 Å². The van der Waals surface area contributed by atoms with Crippen LogP contribution in [0.1, 0.15) is 35.1 Å². The number of fused-ring (bicyclic) bond motifs is 3. The lowest BCUT2D eigenvalue weighted by atomic mass is 9.90. The predicted molar refractivity (Wildman–Crippen MR) is 190 cm³/mol. The minimum Gasteiger partial charge on any atom is -0.457 e. The Morgan fingerprint density at radius 1 is 0.660 bits per heavy atom. The summed E-state index contributed by atoms with van der Waals surface area (Å²) in [6, 6.07) is 34.0. The molecule has 3 aliphatic rings. The molecule has 8 rings (SSSR count). The van der Waals surface area contributed by atoms with Crippen molar-refractivity contribution in [3.05, 3.63) is 154 Å². The first-order valence-corrected chi connectivity index (χ1v) is 16.2. The van der Waals surface area contributed by atoms with Gasteiger partial charge in [0.1, 0.15) is 29.2 Å². The van der Waals surface area contributed by atoms with Crippen molar-refractivity contribution >= 4 is 39.6 Å². The van der Waals surface area contributed by atoms with Crippen LogP contribution in [0.3, 0.4) is 0 Å². The molecule has 0 spiro atoms. The molecule has 5 heteroatoms. The van der Waals surface area contributed by atoms with Gasteiger partial charge in [0.25, 0.3) is 0 Å². The second kappa shape index (κ2) is 12.0. The number of nitriles is 2. The Morgan fingerprint density at radius 2 is 1.30 bits per heavy atom. The summed E-state index contributed by atoms with van der Waals surface area (Å²) in [6.07, 6.45) is 16.1. The van der Waals surface area contributed by atoms with Crippen LogP contribution in [-0.2, 0) is 17.6 Å². The molecule has 5 nitrogen and oxygen atoms in total.